The fourth-order valence-electron chi connectivity index (χ4n) is 0.729. The van der Waals surface area contributed by atoms with Gasteiger partial charge in [0, 0.05) is 0 Å². The van der Waals surface area contributed by atoms with Crippen molar-refractivity contribution in [1.82, 2.24) is 0 Å². The van der Waals surface area contributed by atoms with E-state index in [0.717, 1.165) is 0 Å². The van der Waals surface area contributed by atoms with Crippen molar-refractivity contribution < 1.29 is 19.8 Å². The van der Waals surface area contributed by atoms with Crippen molar-refractivity contribution in [3.05, 3.63) is 0 Å². The molecule has 0 saturated heterocycles. The molecule has 0 bridgehead atoms. The van der Waals surface area contributed by atoms with Gasteiger partial charge in [-0.3, -0.25) is 0 Å². The third-order valence-corrected chi connectivity index (χ3v) is 5.45. The molecule has 0 fully saturated rings. The van der Waals surface area contributed by atoms with Crippen molar-refractivity contribution >= 4 is 57.0 Å². The van der Waals surface area contributed by atoms with Crippen LogP contribution in [-0.4, -0.2) is 31.7 Å². The van der Waals surface area contributed by atoms with E-state index in [4.69, 9.17) is 19.8 Å². The molecule has 17 heavy (non-hydrogen) atoms. The molecule has 0 unspecified atom stereocenters. The topological polar surface area (TPSA) is 80.3 Å². The van der Waals surface area contributed by atoms with Crippen LogP contribution in [0.4, 0.5) is 9.59 Å². The standard InChI is InChI=1S/2C4H9.2CH2O2S.Sn/c2*1-3-4-2;2*2-1(3)4;/h2*1,3-4H2,2H3;2*4H,(H,2,3);/q;;;;+2/p-2. The monoisotopic (exact) mass is 388 g/mol. The predicted octanol–water partition coefficient (Wildman–Crippen LogP) is 1.65. The smallest absolute Gasteiger partial charge is 0.0949 e. The molecule has 0 atom stereocenters. The SMILES string of the molecule is CCC[CH2][Sn+2][CH2]CCC.O=C([O-])S.O=C([O-])S. The molecule has 0 aromatic heterocycles. The minimum atomic E-state index is -1.39. The molecule has 0 amide bonds. The van der Waals surface area contributed by atoms with Crippen molar-refractivity contribution in [2.45, 2.75) is 48.4 Å². The van der Waals surface area contributed by atoms with Crippen LogP contribution in [0.5, 0.6) is 0 Å². The van der Waals surface area contributed by atoms with Crippen LogP contribution in [-0.2, 0) is 0 Å². The van der Waals surface area contributed by atoms with Crippen molar-refractivity contribution in [3.8, 4) is 0 Å². The fraction of sp³-hybridized carbons (Fsp3) is 0.800. The van der Waals surface area contributed by atoms with Gasteiger partial charge in [-0.25, -0.2) is 0 Å². The zero-order chi connectivity index (χ0) is 14.1. The summed E-state index contributed by atoms with van der Waals surface area (Å²) in [6.45, 7) is 4.58. The van der Waals surface area contributed by atoms with Crippen molar-refractivity contribution in [2.24, 2.45) is 0 Å². The molecule has 0 saturated carbocycles. The number of rotatable bonds is 6. The Balaban J connectivity index is -0.000000205. The predicted molar refractivity (Wildman–Crippen MR) is 73.9 cm³/mol. The van der Waals surface area contributed by atoms with E-state index in [1.165, 1.54) is 25.7 Å². The number of carboxylic acid groups (broad SMARTS) is 2. The van der Waals surface area contributed by atoms with Gasteiger partial charge >= 0.3 is 69.5 Å². The van der Waals surface area contributed by atoms with E-state index in [1.54, 1.807) is 8.87 Å². The number of unbranched alkanes of at least 4 members (excludes halogenated alkanes) is 2. The number of thiol groups is 2. The number of hydrogen-bond acceptors (Lipinski definition) is 4. The molecule has 0 aromatic rings. The van der Waals surface area contributed by atoms with Crippen LogP contribution in [0.3, 0.4) is 0 Å². The summed E-state index contributed by atoms with van der Waals surface area (Å²) in [7, 11) is 0. The second kappa shape index (κ2) is 21.7. The molecule has 0 N–H and O–H groups in total. The Kier molecular flexibility index (Phi) is 28.8. The number of carbonyl (C=O) groups is 2. The molecule has 0 radical (unpaired) electrons. The molecular weight excluding hydrogens is 367 g/mol. The van der Waals surface area contributed by atoms with Gasteiger partial charge in [0.25, 0.3) is 0 Å². The van der Waals surface area contributed by atoms with Gasteiger partial charge in [-0.1, -0.05) is 0 Å². The fourth-order valence-corrected chi connectivity index (χ4v) is 4.89. The summed E-state index contributed by atoms with van der Waals surface area (Å²) >= 11 is 5.69. The van der Waals surface area contributed by atoms with Gasteiger partial charge in [0.1, 0.15) is 0 Å². The first-order valence-electron chi connectivity index (χ1n) is 5.39. The second-order valence-electron chi connectivity index (χ2n) is 2.99. The quantitative estimate of drug-likeness (QED) is 0.413. The molecule has 0 aromatic carbocycles. The zero-order valence-corrected chi connectivity index (χ0v) is 14.9. The summed E-state index contributed by atoms with van der Waals surface area (Å²) in [6, 6.07) is 0. The first-order valence-corrected chi connectivity index (χ1v) is 10.3. The first kappa shape index (κ1) is 22.6. The molecule has 4 nitrogen and oxygen atoms in total. The maximum Gasteiger partial charge on any atom is 0.0949 e. The Bertz CT molecular complexity index is 154. The van der Waals surface area contributed by atoms with Gasteiger partial charge < -0.3 is 19.8 Å². The molecule has 0 heterocycles. The number of hydrogen-bond donors (Lipinski definition) is 2. The largest absolute Gasteiger partial charge is 0.539 e. The van der Waals surface area contributed by atoms with Crippen LogP contribution in [0.1, 0.15) is 39.5 Å². The summed E-state index contributed by atoms with van der Waals surface area (Å²) in [4.78, 5) is 17.5. The maximum absolute atomic E-state index is 8.75. The Morgan fingerprint density at radius 2 is 1.18 bits per heavy atom. The molecule has 100 valence electrons. The maximum atomic E-state index is 8.75. The Morgan fingerprint density at radius 1 is 0.941 bits per heavy atom. The van der Waals surface area contributed by atoms with Crippen LogP contribution in [0.25, 0.3) is 0 Å². The molecule has 0 aliphatic heterocycles. The second-order valence-corrected chi connectivity index (χ2v) is 8.00. The molecule has 7 heteroatoms. The Labute approximate surface area is 125 Å². The van der Waals surface area contributed by atoms with Crippen molar-refractivity contribution in [2.75, 3.05) is 0 Å². The summed E-state index contributed by atoms with van der Waals surface area (Å²) in [5.41, 5.74) is 0. The van der Waals surface area contributed by atoms with Gasteiger partial charge in [0.15, 0.2) is 0 Å². The normalized spacial score (nSPS) is 7.76. The van der Waals surface area contributed by atoms with Gasteiger partial charge in [-0.2, -0.15) is 0 Å². The molecule has 0 aliphatic rings. The summed E-state index contributed by atoms with van der Waals surface area (Å²) in [5, 5.41) is 14.7. The van der Waals surface area contributed by atoms with E-state index in [0.29, 0.717) is 0 Å². The minimum absolute atomic E-state index is 0.149. The zero-order valence-electron chi connectivity index (χ0n) is 10.3. The van der Waals surface area contributed by atoms with Crippen molar-refractivity contribution in [1.29, 1.82) is 0 Å². The Morgan fingerprint density at radius 3 is 1.35 bits per heavy atom. The van der Waals surface area contributed by atoms with Gasteiger partial charge in [0.05, 0.1) is 10.6 Å². The minimum Gasteiger partial charge on any atom is -0.539 e. The average molecular weight is 387 g/mol. The molecule has 0 rings (SSSR count). The molecule has 0 aliphatic carbocycles. The Hall–Kier alpha value is 0.439. The van der Waals surface area contributed by atoms with Crippen LogP contribution >= 0.6 is 25.3 Å². The van der Waals surface area contributed by atoms with Gasteiger partial charge in [0.2, 0.25) is 0 Å². The average Bonchev–Trinajstić information content (AvgIpc) is 2.16. The summed E-state index contributed by atoms with van der Waals surface area (Å²) in [5.74, 6) is 0. The van der Waals surface area contributed by atoms with Crippen molar-refractivity contribution in [3.63, 3.8) is 0 Å². The number of carbonyl (C=O) groups excluding carboxylic acids is 2. The van der Waals surface area contributed by atoms with E-state index < -0.39 is 10.6 Å². The van der Waals surface area contributed by atoms with E-state index >= 15 is 0 Å². The van der Waals surface area contributed by atoms with E-state index in [9.17, 15) is 0 Å². The summed E-state index contributed by atoms with van der Waals surface area (Å²) < 4.78 is 3.25. The van der Waals surface area contributed by atoms with Gasteiger partial charge in [-0.15, -0.1) is 25.3 Å². The van der Waals surface area contributed by atoms with Crippen LogP contribution in [0.2, 0.25) is 8.87 Å². The third kappa shape index (κ3) is 82.7. The third-order valence-electron chi connectivity index (χ3n) is 1.41. The summed E-state index contributed by atoms with van der Waals surface area (Å²) in [6.07, 6.45) is 5.84. The van der Waals surface area contributed by atoms with Crippen LogP contribution in [0.15, 0.2) is 0 Å². The first-order chi connectivity index (χ1) is 7.88. The van der Waals surface area contributed by atoms with E-state index in [2.05, 4.69) is 39.1 Å². The van der Waals surface area contributed by atoms with E-state index in [-0.39, 0.29) is 21.1 Å². The van der Waals surface area contributed by atoms with Crippen LogP contribution < -0.4 is 10.2 Å². The molecular formula is C10H20O4S2Sn. The van der Waals surface area contributed by atoms with Gasteiger partial charge in [-0.05, 0) is 0 Å². The van der Waals surface area contributed by atoms with Crippen LogP contribution in [0, 0.1) is 0 Å². The van der Waals surface area contributed by atoms with E-state index in [1.807, 2.05) is 0 Å². The molecule has 0 spiro atoms.